The van der Waals surface area contributed by atoms with E-state index in [-0.39, 0.29) is 5.69 Å². The average molecular weight is 336 g/mol. The molecule has 0 radical (unpaired) electrons. The van der Waals surface area contributed by atoms with Gasteiger partial charge in [-0.15, -0.1) is 11.3 Å². The lowest BCUT2D eigenvalue weighted by Crippen LogP contribution is -2.33. The number of hydrogen-bond donors (Lipinski definition) is 1. The Morgan fingerprint density at radius 2 is 2.39 bits per heavy atom. The van der Waals surface area contributed by atoms with Crippen LogP contribution in [-0.4, -0.2) is 43.8 Å². The Kier molecular flexibility index (Phi) is 5.04. The van der Waals surface area contributed by atoms with Gasteiger partial charge in [0.2, 0.25) is 0 Å². The predicted molar refractivity (Wildman–Crippen MR) is 87.4 cm³/mol. The molecule has 124 valence electrons. The Morgan fingerprint density at radius 1 is 1.52 bits per heavy atom. The zero-order valence-electron chi connectivity index (χ0n) is 12.7. The van der Waals surface area contributed by atoms with Crippen molar-refractivity contribution in [2.24, 2.45) is 0 Å². The van der Waals surface area contributed by atoms with E-state index in [0.717, 1.165) is 37.2 Å². The maximum atomic E-state index is 10.7. The number of hydrogen-bond acceptors (Lipinski definition) is 6. The first-order valence-corrected chi connectivity index (χ1v) is 8.64. The van der Waals surface area contributed by atoms with Crippen LogP contribution >= 0.6 is 11.3 Å². The number of aliphatic hydroxyl groups is 1. The Hall–Kier alpha value is -1.77. The quantitative estimate of drug-likeness (QED) is 0.620. The lowest BCUT2D eigenvalue weighted by Gasteiger charge is -2.26. The largest absolute Gasteiger partial charge is 0.388 e. The van der Waals surface area contributed by atoms with Gasteiger partial charge >= 0.3 is 5.69 Å². The van der Waals surface area contributed by atoms with Crippen LogP contribution in [0, 0.1) is 10.1 Å². The fraction of sp³-hybridized carbons (Fsp3) is 0.533. The monoisotopic (exact) mass is 336 g/mol. The van der Waals surface area contributed by atoms with Gasteiger partial charge in [-0.1, -0.05) is 6.07 Å². The molecule has 0 bridgehead atoms. The molecule has 7 nitrogen and oxygen atoms in total. The van der Waals surface area contributed by atoms with E-state index in [1.54, 1.807) is 16.0 Å². The maximum absolute atomic E-state index is 10.7. The van der Waals surface area contributed by atoms with Crippen molar-refractivity contribution < 1.29 is 10.0 Å². The van der Waals surface area contributed by atoms with Gasteiger partial charge in [0.15, 0.2) is 0 Å². The molecular formula is C15H20N4O3S. The minimum Gasteiger partial charge on any atom is -0.388 e. The van der Waals surface area contributed by atoms with Gasteiger partial charge < -0.3 is 5.11 Å². The summed E-state index contributed by atoms with van der Waals surface area (Å²) in [7, 11) is 0. The summed E-state index contributed by atoms with van der Waals surface area (Å²) in [4.78, 5) is 13.6. The first-order chi connectivity index (χ1) is 11.1. The van der Waals surface area contributed by atoms with Gasteiger partial charge in [0.05, 0.1) is 17.6 Å². The summed E-state index contributed by atoms with van der Waals surface area (Å²) in [5, 5.41) is 27.0. The third kappa shape index (κ3) is 3.95. The van der Waals surface area contributed by atoms with E-state index >= 15 is 0 Å². The molecule has 0 saturated carbocycles. The zero-order valence-corrected chi connectivity index (χ0v) is 13.6. The Balaban J connectivity index is 1.53. The minimum absolute atomic E-state index is 0.0242. The molecule has 2 unspecified atom stereocenters. The predicted octanol–water partition coefficient (Wildman–Crippen LogP) is 2.44. The highest BCUT2D eigenvalue weighted by Gasteiger charge is 2.27. The molecule has 2 aromatic rings. The van der Waals surface area contributed by atoms with Crippen molar-refractivity contribution in [3.8, 4) is 0 Å². The first kappa shape index (κ1) is 16.1. The topological polar surface area (TPSA) is 84.4 Å². The van der Waals surface area contributed by atoms with Crippen molar-refractivity contribution in [3.63, 3.8) is 0 Å². The van der Waals surface area contributed by atoms with Gasteiger partial charge in [0.25, 0.3) is 0 Å². The number of rotatable bonds is 7. The number of aliphatic hydroxyl groups excluding tert-OH is 1. The van der Waals surface area contributed by atoms with Crippen molar-refractivity contribution in [1.82, 2.24) is 14.7 Å². The van der Waals surface area contributed by atoms with Crippen LogP contribution in [0.25, 0.3) is 0 Å². The molecule has 1 saturated heterocycles. The van der Waals surface area contributed by atoms with Gasteiger partial charge in [-0.2, -0.15) is 5.10 Å². The molecule has 1 aliphatic heterocycles. The lowest BCUT2D eigenvalue weighted by atomic mass is 10.1. The molecule has 0 aliphatic carbocycles. The maximum Gasteiger partial charge on any atom is 0.306 e. The summed E-state index contributed by atoms with van der Waals surface area (Å²) in [6.45, 7) is 2.42. The van der Waals surface area contributed by atoms with Gasteiger partial charge in [-0.25, -0.2) is 0 Å². The molecule has 3 heterocycles. The number of nitro groups is 1. The average Bonchev–Trinajstić information content (AvgIpc) is 3.27. The number of nitrogens with zero attached hydrogens (tertiary/aromatic N) is 4. The molecule has 23 heavy (non-hydrogen) atoms. The normalized spacial score (nSPS) is 20.0. The van der Waals surface area contributed by atoms with E-state index in [0.29, 0.717) is 12.6 Å². The van der Waals surface area contributed by atoms with Crippen LogP contribution in [0.4, 0.5) is 5.69 Å². The molecule has 0 aromatic carbocycles. The molecule has 2 atom stereocenters. The van der Waals surface area contributed by atoms with Crippen molar-refractivity contribution in [2.75, 3.05) is 13.1 Å². The van der Waals surface area contributed by atoms with Gasteiger partial charge in [0.1, 0.15) is 12.4 Å². The minimum atomic E-state index is -0.431. The molecule has 0 amide bonds. The molecule has 8 heteroatoms. The molecule has 1 aliphatic rings. The molecule has 2 aromatic heterocycles. The van der Waals surface area contributed by atoms with E-state index < -0.39 is 11.0 Å². The van der Waals surface area contributed by atoms with Crippen LogP contribution in [0.5, 0.6) is 0 Å². The van der Waals surface area contributed by atoms with Crippen LogP contribution in [-0.2, 0) is 6.54 Å². The Bertz CT molecular complexity index is 643. The van der Waals surface area contributed by atoms with Crippen LogP contribution in [0.2, 0.25) is 0 Å². The summed E-state index contributed by atoms with van der Waals surface area (Å²) in [6.07, 6.45) is 5.28. The van der Waals surface area contributed by atoms with Gasteiger partial charge in [-0.05, 0) is 37.3 Å². The molecule has 3 rings (SSSR count). The molecule has 1 fully saturated rings. The molecule has 0 spiro atoms. The fourth-order valence-electron chi connectivity index (χ4n) is 3.11. The first-order valence-electron chi connectivity index (χ1n) is 7.76. The Labute approximate surface area is 138 Å². The second kappa shape index (κ2) is 7.20. The number of aromatic nitrogens is 2. The SMILES string of the molecule is O=[N+]([O-])c1cnn(CCN2CCCC2CC(O)c2cccs2)c1. The summed E-state index contributed by atoms with van der Waals surface area (Å²) in [6, 6.07) is 4.29. The molecule has 1 N–H and O–H groups in total. The van der Waals surface area contributed by atoms with Gasteiger partial charge in [-0.3, -0.25) is 19.7 Å². The van der Waals surface area contributed by atoms with Crippen molar-refractivity contribution in [3.05, 3.63) is 44.9 Å². The lowest BCUT2D eigenvalue weighted by molar-refractivity contribution is -0.385. The van der Waals surface area contributed by atoms with Crippen LogP contribution < -0.4 is 0 Å². The number of likely N-dealkylation sites (tertiary alicyclic amines) is 1. The van der Waals surface area contributed by atoms with Crippen LogP contribution in [0.3, 0.4) is 0 Å². The third-order valence-electron chi connectivity index (χ3n) is 4.31. The highest BCUT2D eigenvalue weighted by molar-refractivity contribution is 7.10. The summed E-state index contributed by atoms with van der Waals surface area (Å²) in [5.41, 5.74) is 0.0242. The fourth-order valence-corrected chi connectivity index (χ4v) is 3.84. The third-order valence-corrected chi connectivity index (χ3v) is 5.29. The summed E-state index contributed by atoms with van der Waals surface area (Å²) in [5.74, 6) is 0. The van der Waals surface area contributed by atoms with Crippen molar-refractivity contribution in [1.29, 1.82) is 0 Å². The summed E-state index contributed by atoms with van der Waals surface area (Å²) >= 11 is 1.58. The number of thiophene rings is 1. The highest BCUT2D eigenvalue weighted by atomic mass is 32.1. The van der Waals surface area contributed by atoms with E-state index in [4.69, 9.17) is 0 Å². The van der Waals surface area contributed by atoms with Crippen molar-refractivity contribution in [2.45, 2.75) is 38.0 Å². The Morgan fingerprint density at radius 3 is 3.09 bits per heavy atom. The van der Waals surface area contributed by atoms with E-state index in [9.17, 15) is 15.2 Å². The summed E-state index contributed by atoms with van der Waals surface area (Å²) < 4.78 is 1.61. The van der Waals surface area contributed by atoms with E-state index in [1.807, 2.05) is 17.5 Å². The molecular weight excluding hydrogens is 316 g/mol. The second-order valence-electron chi connectivity index (χ2n) is 5.82. The highest BCUT2D eigenvalue weighted by Crippen LogP contribution is 2.29. The standard InChI is InChI=1S/C15H20N4O3S/c20-14(15-4-2-8-23-15)9-12-3-1-5-17(12)6-7-18-11-13(10-16-18)19(21)22/h2,4,8,10-12,14,20H,1,3,5-7,9H2. The van der Waals surface area contributed by atoms with Crippen molar-refractivity contribution >= 4 is 17.0 Å². The smallest absolute Gasteiger partial charge is 0.306 e. The second-order valence-corrected chi connectivity index (χ2v) is 6.80. The van der Waals surface area contributed by atoms with Gasteiger partial charge in [0, 0.05) is 17.5 Å². The van der Waals surface area contributed by atoms with E-state index in [1.165, 1.54) is 12.4 Å². The zero-order chi connectivity index (χ0) is 16.2. The van der Waals surface area contributed by atoms with Crippen LogP contribution in [0.1, 0.15) is 30.2 Å². The van der Waals surface area contributed by atoms with Crippen LogP contribution in [0.15, 0.2) is 29.9 Å². The van der Waals surface area contributed by atoms with E-state index in [2.05, 4.69) is 10.00 Å².